The summed E-state index contributed by atoms with van der Waals surface area (Å²) >= 11 is 0. The van der Waals surface area contributed by atoms with Crippen LogP contribution in [0.4, 0.5) is 5.82 Å². The Morgan fingerprint density at radius 1 is 1.57 bits per heavy atom. The average Bonchev–Trinajstić information content (AvgIpc) is 2.82. The molecule has 0 aromatic carbocycles. The molecule has 0 radical (unpaired) electrons. The second-order valence-electron chi connectivity index (χ2n) is 4.62. The van der Waals surface area contributed by atoms with Gasteiger partial charge in [0, 0.05) is 6.20 Å². The number of rotatable bonds is 6. The molecule has 4 N–H and O–H groups in total. The number of hydrogen-bond donors (Lipinski definition) is 3. The predicted molar refractivity (Wildman–Crippen MR) is 78.6 cm³/mol. The number of aromatic nitrogens is 2. The van der Waals surface area contributed by atoms with Gasteiger partial charge in [0.05, 0.1) is 6.61 Å². The normalized spacial score (nSPS) is 28.4. The monoisotopic (exact) mass is 345 g/mol. The number of nitrogen functional groups attached to an aromatic ring is 1. The molecule has 10 nitrogen and oxygen atoms in total. The molecule has 1 aromatic heterocycles. The molecule has 5 atom stereocenters. The highest BCUT2D eigenvalue weighted by Gasteiger charge is 2.48. The molecular weight excluding hydrogens is 329 g/mol. The third-order valence-electron chi connectivity index (χ3n) is 3.19. The Morgan fingerprint density at radius 3 is 2.87 bits per heavy atom. The van der Waals surface area contributed by atoms with Crippen LogP contribution in [0.1, 0.15) is 6.23 Å². The number of nitrogens with zero attached hydrogens (tertiary/aromatic N) is 2. The van der Waals surface area contributed by atoms with Crippen molar-refractivity contribution < 1.29 is 28.6 Å². The van der Waals surface area contributed by atoms with Crippen LogP contribution < -0.4 is 11.4 Å². The molecule has 1 aliphatic heterocycles. The second kappa shape index (κ2) is 7.70. The number of terminal acetylenes is 1. The fourth-order valence-corrected chi connectivity index (χ4v) is 2.80. The number of ether oxygens (including phenoxy) is 2. The Hall–Kier alpha value is -1.73. The fourth-order valence-electron chi connectivity index (χ4n) is 2.28. The SMILES string of the molecule is C#CCO[C@H]1C(O[PH](=O)O)[C@@H](CO)O[C@H]1n1ccc(N)nc1=O. The molecule has 0 saturated carbocycles. The van der Waals surface area contributed by atoms with Crippen molar-refractivity contribution in [3.63, 3.8) is 0 Å². The quantitative estimate of drug-likeness (QED) is 0.414. The lowest BCUT2D eigenvalue weighted by atomic mass is 10.1. The van der Waals surface area contributed by atoms with E-state index in [1.807, 2.05) is 0 Å². The number of anilines is 1. The molecule has 2 rings (SSSR count). The minimum Gasteiger partial charge on any atom is -0.394 e. The second-order valence-corrected chi connectivity index (χ2v) is 5.39. The Labute approximate surface area is 131 Å². The highest BCUT2D eigenvalue weighted by Crippen LogP contribution is 2.36. The van der Waals surface area contributed by atoms with Crippen LogP contribution >= 0.6 is 8.25 Å². The van der Waals surface area contributed by atoms with E-state index >= 15 is 0 Å². The van der Waals surface area contributed by atoms with E-state index in [-0.39, 0.29) is 12.4 Å². The maximum Gasteiger partial charge on any atom is 0.351 e. The van der Waals surface area contributed by atoms with Crippen molar-refractivity contribution in [1.29, 1.82) is 0 Å². The zero-order valence-corrected chi connectivity index (χ0v) is 12.9. The van der Waals surface area contributed by atoms with Crippen LogP contribution in [-0.2, 0) is 18.6 Å². The standard InChI is InChI=1S/C12H16N3O7P/c1-2-5-20-10-9(22-23(18)19)7(6-16)21-11(10)15-4-3-8(13)14-12(15)17/h1,3-4,7,9-11,16,23H,5-6H2,(H,18,19)(H2,13,14,17)/t7-,9?,10+,11-/m1/s1. The molecule has 23 heavy (non-hydrogen) atoms. The van der Waals surface area contributed by atoms with Gasteiger partial charge in [-0.2, -0.15) is 4.98 Å². The molecule has 1 fully saturated rings. The topological polar surface area (TPSA) is 146 Å². The summed E-state index contributed by atoms with van der Waals surface area (Å²) in [4.78, 5) is 24.5. The van der Waals surface area contributed by atoms with Crippen molar-refractivity contribution >= 4 is 14.1 Å². The van der Waals surface area contributed by atoms with Crippen LogP contribution in [0.3, 0.4) is 0 Å². The zero-order chi connectivity index (χ0) is 17.0. The van der Waals surface area contributed by atoms with Gasteiger partial charge in [-0.05, 0) is 6.07 Å². The molecule has 1 saturated heterocycles. The van der Waals surface area contributed by atoms with E-state index in [1.54, 1.807) is 0 Å². The maximum atomic E-state index is 12.0. The van der Waals surface area contributed by atoms with E-state index in [0.717, 1.165) is 4.57 Å². The van der Waals surface area contributed by atoms with E-state index in [9.17, 15) is 14.5 Å². The summed E-state index contributed by atoms with van der Waals surface area (Å²) in [6.07, 6.45) is 2.38. The molecule has 0 bridgehead atoms. The molecule has 11 heteroatoms. The Balaban J connectivity index is 2.37. The minimum atomic E-state index is -3.33. The van der Waals surface area contributed by atoms with Crippen LogP contribution in [-0.4, -0.2) is 51.1 Å². The first-order valence-electron chi connectivity index (χ1n) is 6.53. The van der Waals surface area contributed by atoms with Gasteiger partial charge in [0.15, 0.2) is 6.23 Å². The summed E-state index contributed by atoms with van der Waals surface area (Å²) in [5.41, 5.74) is 4.72. The Kier molecular flexibility index (Phi) is 5.90. The van der Waals surface area contributed by atoms with Crippen molar-refractivity contribution in [2.24, 2.45) is 0 Å². The number of nitrogens with two attached hydrogens (primary N) is 1. The third kappa shape index (κ3) is 3.97. The van der Waals surface area contributed by atoms with E-state index in [0.29, 0.717) is 0 Å². The first-order chi connectivity index (χ1) is 11.0. The van der Waals surface area contributed by atoms with Crippen LogP contribution in [0.2, 0.25) is 0 Å². The smallest absolute Gasteiger partial charge is 0.351 e. The Bertz CT molecular complexity index is 673. The van der Waals surface area contributed by atoms with Gasteiger partial charge in [-0.25, -0.2) is 4.79 Å². The van der Waals surface area contributed by atoms with Gasteiger partial charge < -0.3 is 29.7 Å². The van der Waals surface area contributed by atoms with E-state index in [1.165, 1.54) is 12.3 Å². The summed E-state index contributed by atoms with van der Waals surface area (Å²) in [6.45, 7) is -0.657. The van der Waals surface area contributed by atoms with Gasteiger partial charge in [0.1, 0.15) is 30.7 Å². The van der Waals surface area contributed by atoms with Gasteiger partial charge in [-0.1, -0.05) is 5.92 Å². The zero-order valence-electron chi connectivity index (χ0n) is 11.9. The third-order valence-corrected chi connectivity index (χ3v) is 3.66. The van der Waals surface area contributed by atoms with Crippen molar-refractivity contribution in [2.75, 3.05) is 18.9 Å². The van der Waals surface area contributed by atoms with Crippen molar-refractivity contribution in [3.8, 4) is 12.3 Å². The van der Waals surface area contributed by atoms with Crippen LogP contribution in [0.15, 0.2) is 17.1 Å². The lowest BCUT2D eigenvalue weighted by Crippen LogP contribution is -2.39. The highest BCUT2D eigenvalue weighted by molar-refractivity contribution is 7.32. The van der Waals surface area contributed by atoms with Crippen molar-refractivity contribution in [1.82, 2.24) is 9.55 Å². The molecule has 1 aliphatic rings. The summed E-state index contributed by atoms with van der Waals surface area (Å²) < 4.78 is 27.9. The molecule has 126 valence electrons. The van der Waals surface area contributed by atoms with E-state index < -0.39 is 45.1 Å². The number of aliphatic hydroxyl groups is 1. The van der Waals surface area contributed by atoms with E-state index in [2.05, 4.69) is 10.9 Å². The molecule has 2 heterocycles. The first kappa shape index (κ1) is 17.6. The molecule has 2 unspecified atom stereocenters. The molecule has 1 aromatic rings. The van der Waals surface area contributed by atoms with Crippen LogP contribution in [0.5, 0.6) is 0 Å². The summed E-state index contributed by atoms with van der Waals surface area (Å²) in [5, 5.41) is 9.37. The van der Waals surface area contributed by atoms with Gasteiger partial charge in [-0.15, -0.1) is 6.42 Å². The van der Waals surface area contributed by atoms with Gasteiger partial charge in [0.25, 0.3) is 0 Å². The summed E-state index contributed by atoms with van der Waals surface area (Å²) in [6, 6.07) is 1.38. The van der Waals surface area contributed by atoms with Gasteiger partial charge in [-0.3, -0.25) is 9.13 Å². The summed E-state index contributed by atoms with van der Waals surface area (Å²) in [7, 11) is -3.33. The summed E-state index contributed by atoms with van der Waals surface area (Å²) in [5.74, 6) is 2.27. The first-order valence-corrected chi connectivity index (χ1v) is 7.80. The Morgan fingerprint density at radius 2 is 2.30 bits per heavy atom. The largest absolute Gasteiger partial charge is 0.394 e. The molecular formula is C12H16N3O7P. The molecule has 0 aliphatic carbocycles. The lowest BCUT2D eigenvalue weighted by Gasteiger charge is -2.23. The lowest BCUT2D eigenvalue weighted by molar-refractivity contribution is -0.0675. The number of hydrogen-bond acceptors (Lipinski definition) is 8. The van der Waals surface area contributed by atoms with Gasteiger partial charge in [0.2, 0.25) is 0 Å². The van der Waals surface area contributed by atoms with Crippen LogP contribution in [0.25, 0.3) is 0 Å². The van der Waals surface area contributed by atoms with E-state index in [4.69, 9.17) is 31.0 Å². The predicted octanol–water partition coefficient (Wildman–Crippen LogP) is -1.50. The highest BCUT2D eigenvalue weighted by atomic mass is 31.1. The van der Waals surface area contributed by atoms with Crippen molar-refractivity contribution in [3.05, 3.63) is 22.7 Å². The number of aliphatic hydroxyl groups excluding tert-OH is 1. The fraction of sp³-hybridized carbons (Fsp3) is 0.500. The van der Waals surface area contributed by atoms with Gasteiger partial charge >= 0.3 is 13.9 Å². The van der Waals surface area contributed by atoms with Crippen LogP contribution in [0, 0.1) is 12.3 Å². The van der Waals surface area contributed by atoms with Crippen molar-refractivity contribution in [2.45, 2.75) is 24.5 Å². The molecule has 0 spiro atoms. The maximum absolute atomic E-state index is 12.0. The molecule has 0 amide bonds. The minimum absolute atomic E-state index is 0.0252. The average molecular weight is 345 g/mol.